The SMILES string of the molecule is COc1cccc2c1C1(CCNCC1)C(=O)c1c(ccc(C)c1C)S2. The molecule has 2 aromatic rings. The number of piperidine rings is 1. The number of carbonyl (C=O) groups excluding carboxylic acids is 1. The summed E-state index contributed by atoms with van der Waals surface area (Å²) in [7, 11) is 1.70. The highest BCUT2D eigenvalue weighted by atomic mass is 32.2. The van der Waals surface area contributed by atoms with Crippen LogP contribution in [0.15, 0.2) is 40.1 Å². The standard InChI is InChI=1S/C21H23NO2S/c1-13-7-8-16-18(14(13)2)20(23)21(9-11-22-12-10-21)19-15(24-3)5-4-6-17(19)25-16/h4-8,22H,9-12H2,1-3H3. The van der Waals surface area contributed by atoms with E-state index in [0.29, 0.717) is 0 Å². The normalized spacial score (nSPS) is 18.4. The van der Waals surface area contributed by atoms with E-state index in [9.17, 15) is 4.79 Å². The summed E-state index contributed by atoms with van der Waals surface area (Å²) >= 11 is 1.71. The maximum absolute atomic E-state index is 13.9. The summed E-state index contributed by atoms with van der Waals surface area (Å²) in [5.74, 6) is 1.10. The average Bonchev–Trinajstić information content (AvgIpc) is 2.73. The third-order valence-corrected chi connectivity index (χ3v) is 6.84. The molecule has 0 bridgehead atoms. The van der Waals surface area contributed by atoms with Gasteiger partial charge in [0.05, 0.1) is 12.5 Å². The largest absolute Gasteiger partial charge is 0.496 e. The molecule has 0 saturated carbocycles. The first kappa shape index (κ1) is 16.7. The Labute approximate surface area is 153 Å². The van der Waals surface area contributed by atoms with Crippen molar-refractivity contribution in [2.24, 2.45) is 0 Å². The van der Waals surface area contributed by atoms with Crippen LogP contribution in [0.3, 0.4) is 0 Å². The van der Waals surface area contributed by atoms with Crippen LogP contribution < -0.4 is 10.1 Å². The summed E-state index contributed by atoms with van der Waals surface area (Å²) in [6, 6.07) is 10.4. The van der Waals surface area contributed by atoms with E-state index >= 15 is 0 Å². The topological polar surface area (TPSA) is 38.3 Å². The van der Waals surface area contributed by atoms with Gasteiger partial charge in [0.15, 0.2) is 5.78 Å². The first-order valence-corrected chi connectivity index (χ1v) is 9.61. The van der Waals surface area contributed by atoms with Crippen molar-refractivity contribution in [1.82, 2.24) is 5.32 Å². The predicted molar refractivity (Wildman–Crippen MR) is 101 cm³/mol. The fourth-order valence-electron chi connectivity index (χ4n) is 4.20. The summed E-state index contributed by atoms with van der Waals surface area (Å²) in [5, 5.41) is 3.42. The highest BCUT2D eigenvalue weighted by molar-refractivity contribution is 7.99. The fourth-order valence-corrected chi connectivity index (χ4v) is 5.46. The van der Waals surface area contributed by atoms with E-state index in [1.165, 1.54) is 5.56 Å². The molecule has 25 heavy (non-hydrogen) atoms. The number of hydrogen-bond acceptors (Lipinski definition) is 4. The molecule has 1 saturated heterocycles. The Bertz CT molecular complexity index is 853. The van der Waals surface area contributed by atoms with Crippen LogP contribution in [0.5, 0.6) is 5.75 Å². The van der Waals surface area contributed by atoms with E-state index in [2.05, 4.69) is 37.4 Å². The minimum absolute atomic E-state index is 0.265. The zero-order valence-corrected chi connectivity index (χ0v) is 15.8. The van der Waals surface area contributed by atoms with E-state index in [4.69, 9.17) is 4.74 Å². The highest BCUT2D eigenvalue weighted by Crippen LogP contribution is 2.52. The molecule has 0 aliphatic carbocycles. The van der Waals surface area contributed by atoms with Crippen molar-refractivity contribution in [2.45, 2.75) is 41.9 Å². The van der Waals surface area contributed by atoms with Gasteiger partial charge in [-0.1, -0.05) is 23.9 Å². The summed E-state index contributed by atoms with van der Waals surface area (Å²) in [6.45, 7) is 5.87. The van der Waals surface area contributed by atoms with Gasteiger partial charge in [0.1, 0.15) is 5.75 Å². The van der Waals surface area contributed by atoms with Gasteiger partial charge in [-0.15, -0.1) is 0 Å². The van der Waals surface area contributed by atoms with Crippen molar-refractivity contribution < 1.29 is 9.53 Å². The zero-order chi connectivity index (χ0) is 17.6. The number of aryl methyl sites for hydroxylation is 1. The minimum atomic E-state index is -0.496. The Hall–Kier alpha value is -1.78. The second-order valence-electron chi connectivity index (χ2n) is 6.98. The molecular weight excluding hydrogens is 330 g/mol. The molecule has 130 valence electrons. The number of ether oxygens (including phenoxy) is 1. The molecule has 2 heterocycles. The van der Waals surface area contributed by atoms with Crippen LogP contribution in [0.25, 0.3) is 0 Å². The first-order chi connectivity index (χ1) is 12.1. The number of rotatable bonds is 1. The van der Waals surface area contributed by atoms with Crippen molar-refractivity contribution in [2.75, 3.05) is 20.2 Å². The molecule has 1 spiro atoms. The first-order valence-electron chi connectivity index (χ1n) is 8.79. The van der Waals surface area contributed by atoms with Gasteiger partial charge in [-0.25, -0.2) is 0 Å². The molecule has 2 aliphatic heterocycles. The minimum Gasteiger partial charge on any atom is -0.496 e. The lowest BCUT2D eigenvalue weighted by molar-refractivity contribution is 0.0838. The fraction of sp³-hybridized carbons (Fsp3) is 0.381. The van der Waals surface area contributed by atoms with Gasteiger partial charge in [0.2, 0.25) is 0 Å². The summed E-state index contributed by atoms with van der Waals surface area (Å²) in [5.41, 5.74) is 3.78. The van der Waals surface area contributed by atoms with Crippen LogP contribution in [-0.4, -0.2) is 26.0 Å². The maximum atomic E-state index is 13.9. The molecule has 0 amide bonds. The number of ketones is 1. The zero-order valence-electron chi connectivity index (χ0n) is 14.9. The van der Waals surface area contributed by atoms with Crippen LogP contribution in [-0.2, 0) is 5.41 Å². The smallest absolute Gasteiger partial charge is 0.175 e. The molecular formula is C21H23NO2S. The van der Waals surface area contributed by atoms with Crippen LogP contribution >= 0.6 is 11.8 Å². The van der Waals surface area contributed by atoms with Gasteiger partial charge in [-0.05, 0) is 69.1 Å². The number of carbonyl (C=O) groups is 1. The Morgan fingerprint density at radius 3 is 2.56 bits per heavy atom. The van der Waals surface area contributed by atoms with Crippen LogP contribution in [0.4, 0.5) is 0 Å². The van der Waals surface area contributed by atoms with Crippen LogP contribution in [0.2, 0.25) is 0 Å². The predicted octanol–water partition coefficient (Wildman–Crippen LogP) is 4.28. The van der Waals surface area contributed by atoms with Crippen molar-refractivity contribution in [3.8, 4) is 5.75 Å². The summed E-state index contributed by atoms with van der Waals surface area (Å²) in [6.07, 6.45) is 1.62. The molecule has 3 nitrogen and oxygen atoms in total. The van der Waals surface area contributed by atoms with Gasteiger partial charge in [0, 0.05) is 20.9 Å². The molecule has 1 fully saturated rings. The van der Waals surface area contributed by atoms with Crippen LogP contribution in [0.1, 0.15) is 39.9 Å². The molecule has 2 aliphatic rings. The van der Waals surface area contributed by atoms with Crippen molar-refractivity contribution in [3.05, 3.63) is 52.6 Å². The highest BCUT2D eigenvalue weighted by Gasteiger charge is 2.47. The Morgan fingerprint density at radius 1 is 1.08 bits per heavy atom. The molecule has 1 N–H and O–H groups in total. The van der Waals surface area contributed by atoms with E-state index < -0.39 is 5.41 Å². The number of benzene rings is 2. The van der Waals surface area contributed by atoms with Gasteiger partial charge >= 0.3 is 0 Å². The number of Topliss-reactive ketones (excluding diaryl/α,β-unsaturated/α-hetero) is 1. The van der Waals surface area contributed by atoms with E-state index in [0.717, 1.165) is 58.2 Å². The maximum Gasteiger partial charge on any atom is 0.175 e. The van der Waals surface area contributed by atoms with Crippen LogP contribution in [0, 0.1) is 13.8 Å². The number of nitrogens with one attached hydrogen (secondary N) is 1. The van der Waals surface area contributed by atoms with Crippen molar-refractivity contribution >= 4 is 17.5 Å². The van der Waals surface area contributed by atoms with Gasteiger partial charge in [-0.3, -0.25) is 4.79 Å². The Kier molecular flexibility index (Phi) is 4.13. The quantitative estimate of drug-likeness (QED) is 0.830. The van der Waals surface area contributed by atoms with E-state index in [1.54, 1.807) is 18.9 Å². The summed E-state index contributed by atoms with van der Waals surface area (Å²) < 4.78 is 5.71. The second-order valence-corrected chi connectivity index (χ2v) is 8.06. The van der Waals surface area contributed by atoms with E-state index in [-0.39, 0.29) is 5.78 Å². The molecule has 2 aromatic carbocycles. The van der Waals surface area contributed by atoms with Crippen molar-refractivity contribution in [1.29, 1.82) is 0 Å². The average molecular weight is 353 g/mol. The van der Waals surface area contributed by atoms with Gasteiger partial charge in [-0.2, -0.15) is 0 Å². The second kappa shape index (κ2) is 6.19. The monoisotopic (exact) mass is 353 g/mol. The number of hydrogen-bond donors (Lipinski definition) is 1. The molecule has 0 radical (unpaired) electrons. The third kappa shape index (κ3) is 2.42. The number of fused-ring (bicyclic) bond motifs is 3. The molecule has 0 unspecified atom stereocenters. The summed E-state index contributed by atoms with van der Waals surface area (Å²) in [4.78, 5) is 16.1. The lowest BCUT2D eigenvalue weighted by Gasteiger charge is -2.38. The lowest BCUT2D eigenvalue weighted by Crippen LogP contribution is -2.46. The van der Waals surface area contributed by atoms with Gasteiger partial charge in [0.25, 0.3) is 0 Å². The van der Waals surface area contributed by atoms with E-state index in [1.807, 2.05) is 12.1 Å². The molecule has 0 aromatic heterocycles. The molecule has 4 heteroatoms. The van der Waals surface area contributed by atoms with Gasteiger partial charge < -0.3 is 10.1 Å². The lowest BCUT2D eigenvalue weighted by atomic mass is 9.67. The number of methoxy groups -OCH3 is 1. The molecule has 0 atom stereocenters. The Balaban J connectivity index is 2.05. The molecule has 4 rings (SSSR count). The third-order valence-electron chi connectivity index (χ3n) is 5.72. The Morgan fingerprint density at radius 2 is 1.84 bits per heavy atom. The van der Waals surface area contributed by atoms with Crippen molar-refractivity contribution in [3.63, 3.8) is 0 Å².